The number of hydrogen-bond donors (Lipinski definition) is 3. The standard InChI is InChI=1S/C14H20N4O2S/c15-14(18-7-9-21-10-8-18)17-6-5-16-13(20)11-3-1-2-4-12(11)19/h1-4,19H,5-10H2,(H2,15,17)(H,16,20). The SMILES string of the molecule is NC(=NCCNC(=O)c1ccccc1O)N1CCSCC1. The van der Waals surface area contributed by atoms with E-state index in [1.165, 1.54) is 6.07 Å². The Balaban J connectivity index is 1.76. The van der Waals surface area contributed by atoms with Gasteiger partial charge in [-0.1, -0.05) is 12.1 Å². The summed E-state index contributed by atoms with van der Waals surface area (Å²) in [4.78, 5) is 18.2. The first-order valence-electron chi connectivity index (χ1n) is 6.87. The fourth-order valence-electron chi connectivity index (χ4n) is 1.99. The van der Waals surface area contributed by atoms with Crippen LogP contribution in [-0.2, 0) is 0 Å². The molecule has 7 heteroatoms. The highest BCUT2D eigenvalue weighted by molar-refractivity contribution is 7.99. The number of nitrogens with one attached hydrogen (secondary N) is 1. The second kappa shape index (κ2) is 7.78. The second-order valence-electron chi connectivity index (χ2n) is 4.61. The van der Waals surface area contributed by atoms with Gasteiger partial charge in [0.2, 0.25) is 0 Å². The fourth-order valence-corrected chi connectivity index (χ4v) is 2.90. The molecule has 114 valence electrons. The number of aromatic hydroxyl groups is 1. The van der Waals surface area contributed by atoms with E-state index < -0.39 is 0 Å². The molecule has 0 spiro atoms. The van der Waals surface area contributed by atoms with Crippen LogP contribution in [0.1, 0.15) is 10.4 Å². The predicted molar refractivity (Wildman–Crippen MR) is 85.8 cm³/mol. The first-order valence-corrected chi connectivity index (χ1v) is 8.03. The van der Waals surface area contributed by atoms with Crippen molar-refractivity contribution in [1.29, 1.82) is 0 Å². The van der Waals surface area contributed by atoms with Gasteiger partial charge in [-0.2, -0.15) is 11.8 Å². The van der Waals surface area contributed by atoms with Gasteiger partial charge in [0.25, 0.3) is 5.91 Å². The summed E-state index contributed by atoms with van der Waals surface area (Å²) in [5.74, 6) is 2.34. The van der Waals surface area contributed by atoms with Crippen LogP contribution in [0.3, 0.4) is 0 Å². The largest absolute Gasteiger partial charge is 0.507 e. The lowest BCUT2D eigenvalue weighted by molar-refractivity contribution is 0.0952. The number of nitrogens with zero attached hydrogens (tertiary/aromatic N) is 2. The van der Waals surface area contributed by atoms with Crippen LogP contribution in [0.25, 0.3) is 0 Å². The Morgan fingerprint density at radius 3 is 2.81 bits per heavy atom. The average Bonchev–Trinajstić information content (AvgIpc) is 2.52. The van der Waals surface area contributed by atoms with Crippen LogP contribution in [0.2, 0.25) is 0 Å². The number of phenols is 1. The summed E-state index contributed by atoms with van der Waals surface area (Å²) >= 11 is 1.91. The molecule has 6 nitrogen and oxygen atoms in total. The van der Waals surface area contributed by atoms with Crippen LogP contribution in [0, 0.1) is 0 Å². The molecule has 0 unspecified atom stereocenters. The highest BCUT2D eigenvalue weighted by atomic mass is 32.2. The summed E-state index contributed by atoms with van der Waals surface area (Å²) in [6.45, 7) is 2.65. The van der Waals surface area contributed by atoms with Crippen LogP contribution >= 0.6 is 11.8 Å². The molecular weight excluding hydrogens is 288 g/mol. The number of carbonyl (C=O) groups excluding carboxylic acids is 1. The Hall–Kier alpha value is -1.89. The van der Waals surface area contributed by atoms with Crippen LogP contribution in [0.15, 0.2) is 29.3 Å². The lowest BCUT2D eigenvalue weighted by atomic mass is 10.2. The highest BCUT2D eigenvalue weighted by Gasteiger charge is 2.12. The van der Waals surface area contributed by atoms with Gasteiger partial charge in [-0.05, 0) is 12.1 Å². The molecule has 0 aromatic heterocycles. The van der Waals surface area contributed by atoms with E-state index in [0.29, 0.717) is 19.0 Å². The molecule has 1 aliphatic rings. The van der Waals surface area contributed by atoms with E-state index in [1.54, 1.807) is 18.2 Å². The van der Waals surface area contributed by atoms with Crippen molar-refractivity contribution < 1.29 is 9.90 Å². The lowest BCUT2D eigenvalue weighted by Gasteiger charge is -2.27. The summed E-state index contributed by atoms with van der Waals surface area (Å²) in [5, 5.41) is 12.3. The lowest BCUT2D eigenvalue weighted by Crippen LogP contribution is -2.43. The van der Waals surface area contributed by atoms with Crippen molar-refractivity contribution in [3.63, 3.8) is 0 Å². The third kappa shape index (κ3) is 4.56. The zero-order valence-electron chi connectivity index (χ0n) is 11.8. The third-order valence-electron chi connectivity index (χ3n) is 3.15. The van der Waals surface area contributed by atoms with E-state index in [0.717, 1.165) is 24.6 Å². The first-order chi connectivity index (χ1) is 10.2. The normalized spacial score (nSPS) is 15.8. The molecule has 1 heterocycles. The molecule has 0 bridgehead atoms. The number of nitrogens with two attached hydrogens (primary N) is 1. The Morgan fingerprint density at radius 2 is 2.10 bits per heavy atom. The maximum Gasteiger partial charge on any atom is 0.255 e. The van der Waals surface area contributed by atoms with Gasteiger partial charge in [0.05, 0.1) is 12.1 Å². The van der Waals surface area contributed by atoms with Crippen LogP contribution < -0.4 is 11.1 Å². The van der Waals surface area contributed by atoms with Gasteiger partial charge >= 0.3 is 0 Å². The number of hydrogen-bond acceptors (Lipinski definition) is 4. The number of phenolic OH excluding ortho intramolecular Hbond substituents is 1. The average molecular weight is 308 g/mol. The van der Waals surface area contributed by atoms with Crippen molar-refractivity contribution in [2.45, 2.75) is 0 Å². The van der Waals surface area contributed by atoms with Crippen molar-refractivity contribution in [2.75, 3.05) is 37.7 Å². The van der Waals surface area contributed by atoms with Crippen LogP contribution in [0.4, 0.5) is 0 Å². The third-order valence-corrected chi connectivity index (χ3v) is 4.10. The van der Waals surface area contributed by atoms with Crippen LogP contribution in [-0.4, -0.2) is 59.6 Å². The molecule has 0 radical (unpaired) electrons. The number of amides is 1. The molecule has 1 aromatic rings. The maximum atomic E-state index is 11.8. The van der Waals surface area contributed by atoms with Gasteiger partial charge in [-0.25, -0.2) is 0 Å². The zero-order valence-corrected chi connectivity index (χ0v) is 12.6. The van der Waals surface area contributed by atoms with E-state index >= 15 is 0 Å². The van der Waals surface area contributed by atoms with Crippen molar-refractivity contribution in [1.82, 2.24) is 10.2 Å². The molecule has 0 atom stereocenters. The van der Waals surface area contributed by atoms with E-state index in [4.69, 9.17) is 5.73 Å². The number of benzene rings is 1. The van der Waals surface area contributed by atoms with Gasteiger partial charge in [0.1, 0.15) is 5.75 Å². The number of thioether (sulfide) groups is 1. The smallest absolute Gasteiger partial charge is 0.255 e. The Bertz CT molecular complexity index is 515. The number of aliphatic imine (C=N–C) groups is 1. The molecule has 0 aliphatic carbocycles. The maximum absolute atomic E-state index is 11.8. The van der Waals surface area contributed by atoms with Crippen molar-refractivity contribution in [3.8, 4) is 5.75 Å². The molecule has 2 rings (SSSR count). The summed E-state index contributed by atoms with van der Waals surface area (Å²) in [6.07, 6.45) is 0. The number of carbonyl (C=O) groups is 1. The zero-order chi connectivity index (χ0) is 15.1. The first kappa shape index (κ1) is 15.5. The minimum absolute atomic E-state index is 0.0242. The molecule has 1 aliphatic heterocycles. The van der Waals surface area contributed by atoms with E-state index in [9.17, 15) is 9.90 Å². The van der Waals surface area contributed by atoms with Crippen molar-refractivity contribution in [2.24, 2.45) is 10.7 Å². The van der Waals surface area contributed by atoms with Gasteiger partial charge in [-0.15, -0.1) is 0 Å². The predicted octanol–water partition coefficient (Wildman–Crippen LogP) is 0.486. The quantitative estimate of drug-likeness (QED) is 0.428. The minimum Gasteiger partial charge on any atom is -0.507 e. The van der Waals surface area contributed by atoms with Crippen LogP contribution in [0.5, 0.6) is 5.75 Å². The number of para-hydroxylation sites is 1. The Labute approximate surface area is 128 Å². The summed E-state index contributed by atoms with van der Waals surface area (Å²) in [7, 11) is 0. The fraction of sp³-hybridized carbons (Fsp3) is 0.429. The van der Waals surface area contributed by atoms with E-state index in [2.05, 4.69) is 15.2 Å². The molecule has 0 saturated carbocycles. The van der Waals surface area contributed by atoms with E-state index in [-0.39, 0.29) is 17.2 Å². The minimum atomic E-state index is -0.309. The molecular formula is C14H20N4O2S. The van der Waals surface area contributed by atoms with Crippen molar-refractivity contribution >= 4 is 23.6 Å². The highest BCUT2D eigenvalue weighted by Crippen LogP contribution is 2.14. The topological polar surface area (TPSA) is 90.9 Å². The Kier molecular flexibility index (Phi) is 5.74. The number of guanidine groups is 1. The summed E-state index contributed by atoms with van der Waals surface area (Å²) in [5.41, 5.74) is 6.18. The monoisotopic (exact) mass is 308 g/mol. The second-order valence-corrected chi connectivity index (χ2v) is 5.84. The summed E-state index contributed by atoms with van der Waals surface area (Å²) < 4.78 is 0. The van der Waals surface area contributed by atoms with Crippen molar-refractivity contribution in [3.05, 3.63) is 29.8 Å². The molecule has 1 aromatic carbocycles. The molecule has 4 N–H and O–H groups in total. The summed E-state index contributed by atoms with van der Waals surface area (Å²) in [6, 6.07) is 6.44. The molecule has 1 amide bonds. The van der Waals surface area contributed by atoms with Gasteiger partial charge < -0.3 is 21.1 Å². The Morgan fingerprint density at radius 1 is 1.38 bits per heavy atom. The number of rotatable bonds is 4. The van der Waals surface area contributed by atoms with Gasteiger partial charge in [0.15, 0.2) is 5.96 Å². The van der Waals surface area contributed by atoms with Gasteiger partial charge in [-0.3, -0.25) is 9.79 Å². The molecule has 21 heavy (non-hydrogen) atoms. The van der Waals surface area contributed by atoms with E-state index in [1.807, 2.05) is 11.8 Å². The molecule has 1 fully saturated rings. The van der Waals surface area contributed by atoms with Gasteiger partial charge in [0, 0.05) is 31.1 Å². The molecule has 1 saturated heterocycles.